The molecule has 0 atom stereocenters. The Kier molecular flexibility index (Phi) is 5.35. The molecule has 0 radical (unpaired) electrons. The minimum absolute atomic E-state index is 0.256. The van der Waals surface area contributed by atoms with E-state index in [0.717, 1.165) is 37.3 Å². The Bertz CT molecular complexity index is 969. The molecule has 0 aromatic heterocycles. The van der Waals surface area contributed by atoms with Gasteiger partial charge in [-0.15, -0.1) is 0 Å². The highest BCUT2D eigenvalue weighted by Gasteiger charge is 2.16. The zero-order valence-electron chi connectivity index (χ0n) is 15.5. The van der Waals surface area contributed by atoms with E-state index in [4.69, 9.17) is 0 Å². The fourth-order valence-corrected chi connectivity index (χ4v) is 3.50. The van der Waals surface area contributed by atoms with Gasteiger partial charge >= 0.3 is 0 Å². The summed E-state index contributed by atoms with van der Waals surface area (Å²) in [6.07, 6.45) is 0. The van der Waals surface area contributed by atoms with Crippen molar-refractivity contribution in [2.75, 3.05) is 36.4 Å². The standard InChI is InChI=1S/C23H22FN3O/c24-21-16-18(10-11-22(21)27-14-12-25-13-15-27)26-23(28)20-9-5-4-8-19(20)17-6-2-1-3-7-17/h1-11,16,25H,12-15H2,(H,26,28). The molecule has 1 aliphatic heterocycles. The van der Waals surface area contributed by atoms with Crippen molar-refractivity contribution >= 4 is 17.3 Å². The Labute approximate surface area is 164 Å². The van der Waals surface area contributed by atoms with Gasteiger partial charge in [0.2, 0.25) is 0 Å². The van der Waals surface area contributed by atoms with Gasteiger partial charge in [-0.2, -0.15) is 0 Å². The van der Waals surface area contributed by atoms with Crippen molar-refractivity contribution in [3.05, 3.63) is 84.2 Å². The maximum absolute atomic E-state index is 14.6. The van der Waals surface area contributed by atoms with Crippen LogP contribution in [0.5, 0.6) is 0 Å². The average molecular weight is 375 g/mol. The van der Waals surface area contributed by atoms with Crippen LogP contribution in [0.3, 0.4) is 0 Å². The fraction of sp³-hybridized carbons (Fsp3) is 0.174. The van der Waals surface area contributed by atoms with Crippen molar-refractivity contribution in [2.24, 2.45) is 0 Å². The molecule has 1 saturated heterocycles. The van der Waals surface area contributed by atoms with Gasteiger partial charge in [-0.1, -0.05) is 48.5 Å². The molecule has 142 valence electrons. The van der Waals surface area contributed by atoms with E-state index in [0.29, 0.717) is 16.9 Å². The fourth-order valence-electron chi connectivity index (χ4n) is 3.50. The number of nitrogens with zero attached hydrogens (tertiary/aromatic N) is 1. The van der Waals surface area contributed by atoms with E-state index >= 15 is 0 Å². The Hall–Kier alpha value is -3.18. The van der Waals surface area contributed by atoms with Crippen LogP contribution in [0.4, 0.5) is 15.8 Å². The lowest BCUT2D eigenvalue weighted by Gasteiger charge is -2.29. The van der Waals surface area contributed by atoms with Gasteiger partial charge in [0.25, 0.3) is 5.91 Å². The molecule has 0 bridgehead atoms. The van der Waals surface area contributed by atoms with Gasteiger partial charge in [-0.3, -0.25) is 4.79 Å². The molecule has 1 fully saturated rings. The summed E-state index contributed by atoms with van der Waals surface area (Å²) >= 11 is 0. The molecule has 1 aliphatic rings. The zero-order valence-corrected chi connectivity index (χ0v) is 15.5. The summed E-state index contributed by atoms with van der Waals surface area (Å²) in [5.41, 5.74) is 3.39. The monoisotopic (exact) mass is 375 g/mol. The Balaban J connectivity index is 1.55. The molecule has 5 heteroatoms. The number of carbonyl (C=O) groups excluding carboxylic acids is 1. The first kappa shape index (κ1) is 18.2. The number of amides is 1. The molecule has 2 N–H and O–H groups in total. The van der Waals surface area contributed by atoms with Crippen LogP contribution in [0.2, 0.25) is 0 Å². The summed E-state index contributed by atoms with van der Waals surface area (Å²) in [4.78, 5) is 14.9. The second-order valence-corrected chi connectivity index (χ2v) is 6.77. The predicted octanol–water partition coefficient (Wildman–Crippen LogP) is 4.15. The highest BCUT2D eigenvalue weighted by molar-refractivity contribution is 6.08. The van der Waals surface area contributed by atoms with Crippen LogP contribution in [0.1, 0.15) is 10.4 Å². The Morgan fingerprint density at radius 3 is 2.39 bits per heavy atom. The van der Waals surface area contributed by atoms with Gasteiger partial charge in [-0.05, 0) is 35.4 Å². The summed E-state index contributed by atoms with van der Waals surface area (Å²) in [7, 11) is 0. The van der Waals surface area contributed by atoms with Gasteiger partial charge < -0.3 is 15.5 Å². The molecule has 1 heterocycles. The van der Waals surface area contributed by atoms with E-state index in [2.05, 4.69) is 10.6 Å². The number of rotatable bonds is 4. The molecule has 0 saturated carbocycles. The minimum Gasteiger partial charge on any atom is -0.367 e. The van der Waals surface area contributed by atoms with Crippen LogP contribution in [-0.2, 0) is 0 Å². The van der Waals surface area contributed by atoms with Crippen LogP contribution in [0.25, 0.3) is 11.1 Å². The van der Waals surface area contributed by atoms with Crippen molar-refractivity contribution in [1.29, 1.82) is 0 Å². The van der Waals surface area contributed by atoms with Crippen LogP contribution in [0.15, 0.2) is 72.8 Å². The molecule has 3 aromatic rings. The third kappa shape index (κ3) is 3.89. The van der Waals surface area contributed by atoms with E-state index in [1.54, 1.807) is 18.2 Å². The van der Waals surface area contributed by atoms with Crippen molar-refractivity contribution in [2.45, 2.75) is 0 Å². The molecule has 0 aliphatic carbocycles. The van der Waals surface area contributed by atoms with Gasteiger partial charge in [-0.25, -0.2) is 4.39 Å². The second kappa shape index (κ2) is 8.23. The molecule has 0 spiro atoms. The summed E-state index contributed by atoms with van der Waals surface area (Å²) < 4.78 is 14.6. The second-order valence-electron chi connectivity index (χ2n) is 6.77. The number of hydrogen-bond donors (Lipinski definition) is 2. The highest BCUT2D eigenvalue weighted by Crippen LogP contribution is 2.26. The van der Waals surface area contributed by atoms with Crippen LogP contribution < -0.4 is 15.5 Å². The molecule has 1 amide bonds. The maximum atomic E-state index is 14.6. The molecule has 3 aromatic carbocycles. The van der Waals surface area contributed by atoms with Crippen LogP contribution >= 0.6 is 0 Å². The topological polar surface area (TPSA) is 44.4 Å². The van der Waals surface area contributed by atoms with E-state index in [9.17, 15) is 9.18 Å². The number of nitrogens with one attached hydrogen (secondary N) is 2. The van der Waals surface area contributed by atoms with Gasteiger partial charge in [0, 0.05) is 37.4 Å². The molecule has 28 heavy (non-hydrogen) atoms. The largest absolute Gasteiger partial charge is 0.367 e. The van der Waals surface area contributed by atoms with Crippen molar-refractivity contribution < 1.29 is 9.18 Å². The molecule has 0 unspecified atom stereocenters. The summed E-state index contributed by atoms with van der Waals surface area (Å²) in [6, 6.07) is 22.1. The van der Waals surface area contributed by atoms with Gasteiger partial charge in [0.1, 0.15) is 5.82 Å². The minimum atomic E-state index is -0.323. The van der Waals surface area contributed by atoms with Gasteiger partial charge in [0.15, 0.2) is 0 Å². The van der Waals surface area contributed by atoms with Crippen LogP contribution in [0, 0.1) is 5.82 Å². The van der Waals surface area contributed by atoms with E-state index in [1.165, 1.54) is 6.07 Å². The lowest BCUT2D eigenvalue weighted by molar-refractivity contribution is 0.102. The van der Waals surface area contributed by atoms with Crippen molar-refractivity contribution in [1.82, 2.24) is 5.32 Å². The summed E-state index contributed by atoms with van der Waals surface area (Å²) in [5.74, 6) is -0.579. The SMILES string of the molecule is O=C(Nc1ccc(N2CCNCC2)c(F)c1)c1ccccc1-c1ccccc1. The normalized spacial score (nSPS) is 14.0. The summed E-state index contributed by atoms with van der Waals surface area (Å²) in [5, 5.41) is 6.09. The first-order chi connectivity index (χ1) is 13.7. The van der Waals surface area contributed by atoms with Gasteiger partial charge in [0.05, 0.1) is 5.69 Å². The zero-order chi connectivity index (χ0) is 19.3. The number of hydrogen-bond acceptors (Lipinski definition) is 3. The Morgan fingerprint density at radius 2 is 1.64 bits per heavy atom. The first-order valence-electron chi connectivity index (χ1n) is 9.43. The smallest absolute Gasteiger partial charge is 0.256 e. The lowest BCUT2D eigenvalue weighted by atomic mass is 9.99. The van der Waals surface area contributed by atoms with Crippen molar-refractivity contribution in [3.63, 3.8) is 0 Å². The van der Waals surface area contributed by atoms with Crippen LogP contribution in [-0.4, -0.2) is 32.1 Å². The maximum Gasteiger partial charge on any atom is 0.256 e. The Morgan fingerprint density at radius 1 is 0.929 bits per heavy atom. The highest BCUT2D eigenvalue weighted by atomic mass is 19.1. The predicted molar refractivity (Wildman–Crippen MR) is 111 cm³/mol. The number of carbonyl (C=O) groups is 1. The summed E-state index contributed by atoms with van der Waals surface area (Å²) in [6.45, 7) is 3.22. The molecule has 4 nitrogen and oxygen atoms in total. The van der Waals surface area contributed by atoms with E-state index in [1.807, 2.05) is 53.4 Å². The average Bonchev–Trinajstić information content (AvgIpc) is 2.75. The number of piperazine rings is 1. The molecular weight excluding hydrogens is 353 g/mol. The number of halogens is 1. The molecule has 4 rings (SSSR count). The third-order valence-electron chi connectivity index (χ3n) is 4.92. The van der Waals surface area contributed by atoms with Crippen molar-refractivity contribution in [3.8, 4) is 11.1 Å². The number of anilines is 2. The van der Waals surface area contributed by atoms with E-state index < -0.39 is 0 Å². The number of benzene rings is 3. The quantitative estimate of drug-likeness (QED) is 0.720. The molecular formula is C23H22FN3O. The first-order valence-corrected chi connectivity index (χ1v) is 9.43. The third-order valence-corrected chi connectivity index (χ3v) is 4.92. The van der Waals surface area contributed by atoms with E-state index in [-0.39, 0.29) is 11.7 Å². The lowest BCUT2D eigenvalue weighted by Crippen LogP contribution is -2.43.